The average molecular weight is 293 g/mol. The molecular weight excluding hydrogens is 270 g/mol. The van der Waals surface area contributed by atoms with E-state index in [1.165, 1.54) is 0 Å². The van der Waals surface area contributed by atoms with Crippen molar-refractivity contribution >= 4 is 5.97 Å². The van der Waals surface area contributed by atoms with Gasteiger partial charge in [0.05, 0.1) is 20.1 Å². The van der Waals surface area contributed by atoms with Gasteiger partial charge in [0.25, 0.3) is 0 Å². The molecule has 0 bridgehead atoms. The molecule has 0 unspecified atom stereocenters. The van der Waals surface area contributed by atoms with Gasteiger partial charge in [-0.05, 0) is 36.1 Å². The third-order valence-electron chi connectivity index (χ3n) is 4.24. The van der Waals surface area contributed by atoms with Crippen LogP contribution in [-0.2, 0) is 11.3 Å². The minimum atomic E-state index is -0.700. The van der Waals surface area contributed by atoms with Gasteiger partial charge in [-0.3, -0.25) is 9.69 Å². The molecule has 5 heteroatoms. The van der Waals surface area contributed by atoms with Gasteiger partial charge in [-0.15, -0.1) is 0 Å². The molecule has 1 N–H and O–H groups in total. The molecule has 0 amide bonds. The average Bonchev–Trinajstić information content (AvgIpc) is 2.81. The Morgan fingerprint density at radius 1 is 1.29 bits per heavy atom. The number of likely N-dealkylation sites (tertiary alicyclic amines) is 1. The van der Waals surface area contributed by atoms with Gasteiger partial charge in [-0.2, -0.15) is 0 Å². The molecule has 21 heavy (non-hydrogen) atoms. The molecule has 1 heterocycles. The highest BCUT2D eigenvalue weighted by molar-refractivity contribution is 5.71. The van der Waals surface area contributed by atoms with Crippen molar-refractivity contribution in [1.29, 1.82) is 0 Å². The smallest absolute Gasteiger partial charge is 0.308 e. The number of carboxylic acid groups (broad SMARTS) is 1. The van der Waals surface area contributed by atoms with E-state index in [-0.39, 0.29) is 11.8 Å². The van der Waals surface area contributed by atoms with Gasteiger partial charge in [0.1, 0.15) is 0 Å². The second-order valence-electron chi connectivity index (χ2n) is 5.75. The summed E-state index contributed by atoms with van der Waals surface area (Å²) in [6.07, 6.45) is 0. The fourth-order valence-electron chi connectivity index (χ4n) is 2.95. The summed E-state index contributed by atoms with van der Waals surface area (Å²) in [4.78, 5) is 13.4. The summed E-state index contributed by atoms with van der Waals surface area (Å²) in [6, 6.07) is 3.94. The van der Waals surface area contributed by atoms with E-state index >= 15 is 0 Å². The Morgan fingerprint density at radius 2 is 1.90 bits per heavy atom. The molecule has 1 fully saturated rings. The number of carbonyl (C=O) groups is 1. The van der Waals surface area contributed by atoms with Crippen LogP contribution in [0.4, 0.5) is 0 Å². The van der Waals surface area contributed by atoms with Crippen molar-refractivity contribution in [3.05, 3.63) is 23.3 Å². The van der Waals surface area contributed by atoms with Crippen molar-refractivity contribution in [1.82, 2.24) is 4.90 Å². The Bertz CT molecular complexity index is 529. The highest BCUT2D eigenvalue weighted by Crippen LogP contribution is 2.32. The van der Waals surface area contributed by atoms with Crippen molar-refractivity contribution in [2.45, 2.75) is 20.4 Å². The van der Waals surface area contributed by atoms with Gasteiger partial charge in [-0.25, -0.2) is 0 Å². The molecule has 1 aromatic carbocycles. The molecule has 1 aliphatic heterocycles. The van der Waals surface area contributed by atoms with Crippen LogP contribution in [0, 0.1) is 18.8 Å². The van der Waals surface area contributed by atoms with E-state index in [2.05, 4.69) is 4.90 Å². The van der Waals surface area contributed by atoms with E-state index < -0.39 is 5.97 Å². The standard InChI is InChI=1S/C16H23NO4/c1-10-5-14(20-3)15(21-4)6-12(10)8-17-7-11(2)13(9-17)16(18)19/h5-6,11,13H,7-9H2,1-4H3,(H,18,19)/t11-,13-/m1/s1. The number of methoxy groups -OCH3 is 2. The van der Waals surface area contributed by atoms with Crippen molar-refractivity contribution in [3.63, 3.8) is 0 Å². The zero-order chi connectivity index (χ0) is 15.6. The van der Waals surface area contributed by atoms with Gasteiger partial charge in [0, 0.05) is 19.6 Å². The number of aryl methyl sites for hydroxylation is 1. The van der Waals surface area contributed by atoms with E-state index in [1.807, 2.05) is 26.0 Å². The Hall–Kier alpha value is -1.75. The second-order valence-corrected chi connectivity index (χ2v) is 5.75. The number of rotatable bonds is 5. The van der Waals surface area contributed by atoms with Gasteiger partial charge in [0.2, 0.25) is 0 Å². The first-order valence-electron chi connectivity index (χ1n) is 7.13. The fraction of sp³-hybridized carbons (Fsp3) is 0.562. The molecule has 0 saturated carbocycles. The van der Waals surface area contributed by atoms with Crippen LogP contribution in [0.25, 0.3) is 0 Å². The molecule has 1 aliphatic rings. The fourth-order valence-corrected chi connectivity index (χ4v) is 2.95. The number of nitrogens with zero attached hydrogens (tertiary/aromatic N) is 1. The Morgan fingerprint density at radius 3 is 2.43 bits per heavy atom. The van der Waals surface area contributed by atoms with Crippen molar-refractivity contribution in [3.8, 4) is 11.5 Å². The third-order valence-corrected chi connectivity index (χ3v) is 4.24. The van der Waals surface area contributed by atoms with E-state index in [4.69, 9.17) is 9.47 Å². The summed E-state index contributed by atoms with van der Waals surface area (Å²) in [5, 5.41) is 9.21. The Balaban J connectivity index is 2.15. The monoisotopic (exact) mass is 293 g/mol. The minimum absolute atomic E-state index is 0.183. The molecule has 1 saturated heterocycles. The second kappa shape index (κ2) is 6.35. The van der Waals surface area contributed by atoms with Crippen molar-refractivity contribution in [2.24, 2.45) is 11.8 Å². The van der Waals surface area contributed by atoms with Crippen LogP contribution in [0.15, 0.2) is 12.1 Å². The summed E-state index contributed by atoms with van der Waals surface area (Å²) >= 11 is 0. The topological polar surface area (TPSA) is 59.0 Å². The molecule has 0 radical (unpaired) electrons. The zero-order valence-corrected chi connectivity index (χ0v) is 13.0. The number of carboxylic acids is 1. The maximum Gasteiger partial charge on any atom is 0.308 e. The molecule has 5 nitrogen and oxygen atoms in total. The summed E-state index contributed by atoms with van der Waals surface area (Å²) in [6.45, 7) is 6.18. The quantitative estimate of drug-likeness (QED) is 0.901. The molecule has 0 aliphatic carbocycles. The minimum Gasteiger partial charge on any atom is -0.493 e. The number of hydrogen-bond donors (Lipinski definition) is 1. The maximum atomic E-state index is 11.2. The summed E-state index contributed by atoms with van der Waals surface area (Å²) in [5.41, 5.74) is 2.27. The Kier molecular flexibility index (Phi) is 4.73. The number of benzene rings is 1. The van der Waals surface area contributed by atoms with Gasteiger partial charge in [-0.1, -0.05) is 6.92 Å². The highest BCUT2D eigenvalue weighted by atomic mass is 16.5. The van der Waals surface area contributed by atoms with Gasteiger partial charge >= 0.3 is 5.97 Å². The zero-order valence-electron chi connectivity index (χ0n) is 13.0. The molecular formula is C16H23NO4. The van der Waals surface area contributed by atoms with Crippen LogP contribution in [0.5, 0.6) is 11.5 Å². The number of hydrogen-bond acceptors (Lipinski definition) is 4. The third kappa shape index (κ3) is 3.29. The summed E-state index contributed by atoms with van der Waals surface area (Å²) < 4.78 is 10.6. The lowest BCUT2D eigenvalue weighted by atomic mass is 9.99. The molecule has 2 atom stereocenters. The van der Waals surface area contributed by atoms with Crippen LogP contribution in [0.1, 0.15) is 18.1 Å². The van der Waals surface area contributed by atoms with Crippen LogP contribution in [-0.4, -0.2) is 43.3 Å². The van der Waals surface area contributed by atoms with E-state index in [9.17, 15) is 9.90 Å². The summed E-state index contributed by atoms with van der Waals surface area (Å²) in [5.74, 6) is 0.638. The van der Waals surface area contributed by atoms with Crippen LogP contribution in [0.3, 0.4) is 0 Å². The van der Waals surface area contributed by atoms with E-state index in [0.29, 0.717) is 12.3 Å². The molecule has 1 aromatic rings. The van der Waals surface area contributed by atoms with Crippen LogP contribution >= 0.6 is 0 Å². The predicted octanol–water partition coefficient (Wildman–Crippen LogP) is 2.16. The maximum absolute atomic E-state index is 11.2. The highest BCUT2D eigenvalue weighted by Gasteiger charge is 2.34. The largest absolute Gasteiger partial charge is 0.493 e. The van der Waals surface area contributed by atoms with Gasteiger partial charge < -0.3 is 14.6 Å². The normalized spacial score (nSPS) is 22.3. The van der Waals surface area contributed by atoms with Crippen LogP contribution < -0.4 is 9.47 Å². The first-order valence-corrected chi connectivity index (χ1v) is 7.13. The summed E-state index contributed by atoms with van der Waals surface area (Å²) in [7, 11) is 3.24. The predicted molar refractivity (Wildman–Crippen MR) is 79.8 cm³/mol. The van der Waals surface area contributed by atoms with Crippen molar-refractivity contribution in [2.75, 3.05) is 27.3 Å². The number of aliphatic carboxylic acids is 1. The Labute approximate surface area is 125 Å². The number of ether oxygens (including phenoxy) is 2. The van der Waals surface area contributed by atoms with E-state index in [1.54, 1.807) is 14.2 Å². The molecule has 0 spiro atoms. The van der Waals surface area contributed by atoms with Gasteiger partial charge in [0.15, 0.2) is 11.5 Å². The van der Waals surface area contributed by atoms with E-state index in [0.717, 1.165) is 30.0 Å². The molecule has 0 aromatic heterocycles. The molecule has 2 rings (SSSR count). The lowest BCUT2D eigenvalue weighted by molar-refractivity contribution is -0.142. The SMILES string of the molecule is COc1cc(C)c(CN2C[C@@H](C)[C@H](C(=O)O)C2)cc1OC. The first kappa shape index (κ1) is 15.6. The van der Waals surface area contributed by atoms with Crippen LogP contribution in [0.2, 0.25) is 0 Å². The molecule has 116 valence electrons. The lowest BCUT2D eigenvalue weighted by Crippen LogP contribution is -2.23. The lowest BCUT2D eigenvalue weighted by Gasteiger charge is -2.19. The van der Waals surface area contributed by atoms with Crippen molar-refractivity contribution < 1.29 is 19.4 Å². The first-order chi connectivity index (χ1) is 9.96.